The summed E-state index contributed by atoms with van der Waals surface area (Å²) in [5.74, 6) is -1.12. The van der Waals surface area contributed by atoms with Crippen LogP contribution in [0.4, 0.5) is 0 Å². The number of carbonyl (C=O) groups is 1. The van der Waals surface area contributed by atoms with E-state index in [4.69, 9.17) is 5.11 Å². The quantitative estimate of drug-likeness (QED) is 0.502. The summed E-state index contributed by atoms with van der Waals surface area (Å²) < 4.78 is 1.26. The molecule has 2 heterocycles. The highest BCUT2D eigenvalue weighted by Crippen LogP contribution is 2.31. The molecule has 2 aromatic carbocycles. The van der Waals surface area contributed by atoms with Crippen LogP contribution in [0.1, 0.15) is 42.4 Å². The minimum Gasteiger partial charge on any atom is -0.476 e. The van der Waals surface area contributed by atoms with Crippen molar-refractivity contribution in [1.29, 1.82) is 0 Å². The first kappa shape index (κ1) is 20.9. The molecule has 7 nitrogen and oxygen atoms in total. The van der Waals surface area contributed by atoms with E-state index in [0.29, 0.717) is 27.2 Å². The molecule has 8 heteroatoms. The Morgan fingerprint density at radius 1 is 1.19 bits per heavy atom. The van der Waals surface area contributed by atoms with Gasteiger partial charge in [-0.15, -0.1) is 11.3 Å². The second-order valence-electron chi connectivity index (χ2n) is 8.22. The van der Waals surface area contributed by atoms with Crippen molar-refractivity contribution in [2.75, 3.05) is 0 Å². The van der Waals surface area contributed by atoms with E-state index in [1.54, 1.807) is 30.5 Å². The Kier molecular flexibility index (Phi) is 5.20. The Morgan fingerprint density at radius 2 is 1.97 bits per heavy atom. The van der Waals surface area contributed by atoms with Crippen molar-refractivity contribution in [2.45, 2.75) is 32.8 Å². The van der Waals surface area contributed by atoms with Crippen molar-refractivity contribution in [3.8, 4) is 16.3 Å². The van der Waals surface area contributed by atoms with Gasteiger partial charge in [0.1, 0.15) is 5.01 Å². The summed E-state index contributed by atoms with van der Waals surface area (Å²) in [4.78, 5) is 28.5. The summed E-state index contributed by atoms with van der Waals surface area (Å²) in [5.41, 5.74) is 2.14. The molecular weight excluding hydrogens is 414 g/mol. The van der Waals surface area contributed by atoms with Gasteiger partial charge in [-0.3, -0.25) is 4.79 Å². The smallest absolute Gasteiger partial charge is 0.355 e. The largest absolute Gasteiger partial charge is 0.476 e. The minimum absolute atomic E-state index is 0.0516. The highest BCUT2D eigenvalue weighted by atomic mass is 32.1. The zero-order valence-electron chi connectivity index (χ0n) is 17.3. The summed E-state index contributed by atoms with van der Waals surface area (Å²) in [5, 5.41) is 26.8. The fourth-order valence-electron chi connectivity index (χ4n) is 3.42. The van der Waals surface area contributed by atoms with Crippen molar-refractivity contribution in [1.82, 2.24) is 14.8 Å². The molecule has 4 rings (SSSR count). The van der Waals surface area contributed by atoms with Crippen molar-refractivity contribution in [3.05, 3.63) is 75.1 Å². The van der Waals surface area contributed by atoms with Gasteiger partial charge in [0.25, 0.3) is 5.56 Å². The number of aromatic nitrogens is 3. The molecular formula is C23H21N3O4S. The summed E-state index contributed by atoms with van der Waals surface area (Å²) in [6, 6.07) is 10.9. The molecule has 2 N–H and O–H groups in total. The molecule has 31 heavy (non-hydrogen) atoms. The predicted molar refractivity (Wildman–Crippen MR) is 120 cm³/mol. The third-order valence-electron chi connectivity index (χ3n) is 5.14. The van der Waals surface area contributed by atoms with Crippen LogP contribution in [-0.4, -0.2) is 30.9 Å². The SMILES string of the molecule is CC(C)(C)c1ccc2c(=O)n(-c3cccc(-c4nc(C(=O)O)cs4)c3CO)ncc2c1. The number of carboxylic acids is 1. The van der Waals surface area contributed by atoms with Crippen LogP contribution < -0.4 is 5.56 Å². The fourth-order valence-corrected chi connectivity index (χ4v) is 4.27. The van der Waals surface area contributed by atoms with Gasteiger partial charge in [0, 0.05) is 21.9 Å². The molecule has 158 valence electrons. The molecule has 0 spiro atoms. The predicted octanol–water partition coefficient (Wildman–Crippen LogP) is 4.00. The standard InChI is InChI=1S/C23H21N3O4S/c1-23(2,3)14-7-8-15-13(9-14)10-24-26(21(15)28)19-6-4-5-16(17(19)11-27)20-25-18(12-31-20)22(29)30/h4-10,12,27H,11H2,1-3H3,(H,29,30). The van der Waals surface area contributed by atoms with Crippen molar-refractivity contribution >= 4 is 28.1 Å². The molecule has 4 aromatic rings. The van der Waals surface area contributed by atoms with Crippen LogP contribution in [0, 0.1) is 0 Å². The molecule has 0 saturated carbocycles. The number of fused-ring (bicyclic) bond motifs is 1. The molecule has 0 aliphatic heterocycles. The Hall–Kier alpha value is -3.36. The van der Waals surface area contributed by atoms with E-state index >= 15 is 0 Å². The van der Waals surface area contributed by atoms with Crippen molar-refractivity contribution in [3.63, 3.8) is 0 Å². The third kappa shape index (κ3) is 3.75. The average Bonchev–Trinajstić information content (AvgIpc) is 3.23. The number of carboxylic acid groups (broad SMARTS) is 1. The zero-order chi connectivity index (χ0) is 22.3. The second kappa shape index (κ2) is 7.72. The van der Waals surface area contributed by atoms with Crippen LogP contribution in [0.2, 0.25) is 0 Å². The number of hydrogen-bond donors (Lipinski definition) is 2. The molecule has 0 aliphatic rings. The normalized spacial score (nSPS) is 11.7. The van der Waals surface area contributed by atoms with Gasteiger partial charge in [-0.05, 0) is 29.2 Å². The lowest BCUT2D eigenvalue weighted by atomic mass is 9.86. The molecule has 0 radical (unpaired) electrons. The van der Waals surface area contributed by atoms with E-state index in [2.05, 4.69) is 30.9 Å². The van der Waals surface area contributed by atoms with Crippen LogP contribution in [0.5, 0.6) is 0 Å². The van der Waals surface area contributed by atoms with Gasteiger partial charge in [-0.25, -0.2) is 9.78 Å². The highest BCUT2D eigenvalue weighted by Gasteiger charge is 2.19. The highest BCUT2D eigenvalue weighted by molar-refractivity contribution is 7.13. The molecule has 0 bridgehead atoms. The summed E-state index contributed by atoms with van der Waals surface area (Å²) >= 11 is 1.16. The lowest BCUT2D eigenvalue weighted by Gasteiger charge is -2.19. The number of rotatable bonds is 4. The van der Waals surface area contributed by atoms with E-state index in [1.165, 1.54) is 10.1 Å². The van der Waals surface area contributed by atoms with Crippen LogP contribution in [-0.2, 0) is 12.0 Å². The Morgan fingerprint density at radius 3 is 2.61 bits per heavy atom. The molecule has 0 fully saturated rings. The monoisotopic (exact) mass is 435 g/mol. The van der Waals surface area contributed by atoms with Crippen molar-refractivity contribution < 1.29 is 15.0 Å². The minimum atomic E-state index is -1.12. The number of thiazole rings is 1. The first-order valence-corrected chi connectivity index (χ1v) is 10.5. The number of aromatic carboxylic acids is 1. The number of benzene rings is 2. The third-order valence-corrected chi connectivity index (χ3v) is 6.02. The van der Waals surface area contributed by atoms with Gasteiger partial charge in [0.15, 0.2) is 5.69 Å². The Bertz CT molecular complexity index is 1370. The zero-order valence-corrected chi connectivity index (χ0v) is 18.1. The first-order valence-electron chi connectivity index (χ1n) is 9.65. The fraction of sp³-hybridized carbons (Fsp3) is 0.217. The van der Waals surface area contributed by atoms with Crippen LogP contribution in [0.15, 0.2) is 52.8 Å². The second-order valence-corrected chi connectivity index (χ2v) is 9.08. The summed E-state index contributed by atoms with van der Waals surface area (Å²) in [6.07, 6.45) is 1.64. The van der Waals surface area contributed by atoms with Gasteiger partial charge in [0.2, 0.25) is 0 Å². The molecule has 0 saturated heterocycles. The van der Waals surface area contributed by atoms with Crippen LogP contribution in [0.25, 0.3) is 27.0 Å². The van der Waals surface area contributed by atoms with Gasteiger partial charge < -0.3 is 10.2 Å². The van der Waals surface area contributed by atoms with E-state index in [1.807, 2.05) is 12.1 Å². The van der Waals surface area contributed by atoms with Gasteiger partial charge in [0.05, 0.1) is 23.9 Å². The maximum atomic E-state index is 13.2. The van der Waals surface area contributed by atoms with Gasteiger partial charge in [-0.2, -0.15) is 9.78 Å². The molecule has 0 atom stereocenters. The van der Waals surface area contributed by atoms with Crippen LogP contribution in [0.3, 0.4) is 0 Å². The maximum Gasteiger partial charge on any atom is 0.355 e. The topological polar surface area (TPSA) is 105 Å². The van der Waals surface area contributed by atoms with Gasteiger partial charge in [-0.1, -0.05) is 39.0 Å². The average molecular weight is 436 g/mol. The molecule has 0 unspecified atom stereocenters. The molecule has 0 aliphatic carbocycles. The van der Waals surface area contributed by atoms with Crippen LogP contribution >= 0.6 is 11.3 Å². The van der Waals surface area contributed by atoms with Gasteiger partial charge >= 0.3 is 5.97 Å². The molecule has 2 aromatic heterocycles. The number of aliphatic hydroxyl groups excluding tert-OH is 1. The lowest BCUT2D eigenvalue weighted by molar-refractivity contribution is 0.0691. The van der Waals surface area contributed by atoms with E-state index in [-0.39, 0.29) is 23.3 Å². The summed E-state index contributed by atoms with van der Waals surface area (Å²) in [7, 11) is 0. The lowest BCUT2D eigenvalue weighted by Crippen LogP contribution is -2.23. The summed E-state index contributed by atoms with van der Waals surface area (Å²) in [6.45, 7) is 5.96. The number of aliphatic hydroxyl groups is 1. The maximum absolute atomic E-state index is 13.2. The van der Waals surface area contributed by atoms with E-state index < -0.39 is 5.97 Å². The van der Waals surface area contributed by atoms with E-state index in [9.17, 15) is 14.7 Å². The van der Waals surface area contributed by atoms with E-state index in [0.717, 1.165) is 22.3 Å². The first-order chi connectivity index (χ1) is 14.7. The number of nitrogens with zero attached hydrogens (tertiary/aromatic N) is 3. The number of hydrogen-bond acceptors (Lipinski definition) is 6. The van der Waals surface area contributed by atoms with Crippen molar-refractivity contribution in [2.24, 2.45) is 0 Å². The Labute approximate surface area is 182 Å². The molecule has 0 amide bonds. The Balaban J connectivity index is 1.88.